The number of hydrogen-bond donors (Lipinski definition) is 0. The molecule has 0 bridgehead atoms. The van der Waals surface area contributed by atoms with Crippen LogP contribution >= 0.6 is 11.6 Å². The molecule has 0 fully saturated rings. The highest BCUT2D eigenvalue weighted by Crippen LogP contribution is 2.36. The van der Waals surface area contributed by atoms with Gasteiger partial charge in [0.15, 0.2) is 0 Å². The highest BCUT2D eigenvalue weighted by molar-refractivity contribution is 6.24. The second kappa shape index (κ2) is 3.70. The van der Waals surface area contributed by atoms with Gasteiger partial charge in [0, 0.05) is 5.38 Å². The predicted octanol–water partition coefficient (Wildman–Crippen LogP) is 2.34. The lowest BCUT2D eigenvalue weighted by atomic mass is 9.81. The van der Waals surface area contributed by atoms with E-state index in [-0.39, 0.29) is 5.38 Å². The van der Waals surface area contributed by atoms with E-state index in [1.807, 2.05) is 0 Å². The van der Waals surface area contributed by atoms with Crippen molar-refractivity contribution in [3.05, 3.63) is 23.7 Å². The van der Waals surface area contributed by atoms with E-state index in [0.29, 0.717) is 11.8 Å². The van der Waals surface area contributed by atoms with Gasteiger partial charge in [-0.1, -0.05) is 30.6 Å². The summed E-state index contributed by atoms with van der Waals surface area (Å²) in [4.78, 5) is 0. The minimum absolute atomic E-state index is 0.242. The number of rotatable bonds is 2. The molecule has 0 heterocycles. The smallest absolute Gasteiger partial charge is 0.123 e. The quantitative estimate of drug-likeness (QED) is 0.454. The summed E-state index contributed by atoms with van der Waals surface area (Å²) in [6.45, 7) is 8.36. The van der Waals surface area contributed by atoms with Gasteiger partial charge in [0.1, 0.15) is 7.85 Å². The van der Waals surface area contributed by atoms with Crippen molar-refractivity contribution in [3.8, 4) is 0 Å². The molecule has 66 valence electrons. The van der Waals surface area contributed by atoms with Crippen LogP contribution in [-0.2, 0) is 0 Å². The first-order valence-corrected chi connectivity index (χ1v) is 4.97. The largest absolute Gasteiger partial charge is 0.139 e. The zero-order valence-corrected chi connectivity index (χ0v) is 8.86. The van der Waals surface area contributed by atoms with Gasteiger partial charge >= 0.3 is 0 Å². The van der Waals surface area contributed by atoms with Crippen molar-refractivity contribution in [1.29, 1.82) is 0 Å². The maximum atomic E-state index is 6.06. The van der Waals surface area contributed by atoms with Gasteiger partial charge in [-0.25, -0.2) is 0 Å². The summed E-state index contributed by atoms with van der Waals surface area (Å²) in [5, 5.41) is 0.242. The molecule has 0 N–H and O–H groups in total. The second-order valence-corrected chi connectivity index (χ2v) is 4.48. The Bertz CT molecular complexity index is 218. The van der Waals surface area contributed by atoms with Gasteiger partial charge in [-0.3, -0.25) is 0 Å². The Morgan fingerprint density at radius 2 is 2.25 bits per heavy atom. The van der Waals surface area contributed by atoms with Crippen LogP contribution in [0.1, 0.15) is 20.3 Å². The van der Waals surface area contributed by atoms with E-state index >= 15 is 0 Å². The number of hydrogen-bond acceptors (Lipinski definition) is 0. The van der Waals surface area contributed by atoms with Gasteiger partial charge < -0.3 is 0 Å². The fraction of sp³-hybridized carbons (Fsp3) is 0.600. The average molecular weight is 183 g/mol. The maximum absolute atomic E-state index is 6.06. The molecule has 0 spiro atoms. The summed E-state index contributed by atoms with van der Waals surface area (Å²) in [6.07, 6.45) is 3.39. The number of alkyl halides is 1. The van der Waals surface area contributed by atoms with Crippen LogP contribution < -0.4 is 0 Å². The highest BCUT2D eigenvalue weighted by atomic mass is 35.5. The van der Waals surface area contributed by atoms with Gasteiger partial charge in [0.25, 0.3) is 0 Å². The van der Waals surface area contributed by atoms with Gasteiger partial charge in [-0.15, -0.1) is 11.6 Å². The SMILES string of the molecule is BC1=CCC([C@@H](C)[C@H](C)Cl)C1=C. The Morgan fingerprint density at radius 3 is 2.58 bits per heavy atom. The number of halogens is 1. The Balaban J connectivity index is 2.64. The van der Waals surface area contributed by atoms with Crippen molar-refractivity contribution in [2.24, 2.45) is 11.8 Å². The topological polar surface area (TPSA) is 0 Å². The number of allylic oxidation sites excluding steroid dienone is 3. The minimum Gasteiger partial charge on any atom is -0.123 e. The van der Waals surface area contributed by atoms with Gasteiger partial charge in [0.05, 0.1) is 0 Å². The van der Waals surface area contributed by atoms with Gasteiger partial charge in [-0.05, 0) is 25.2 Å². The molecule has 0 amide bonds. The lowest BCUT2D eigenvalue weighted by Gasteiger charge is -2.23. The van der Waals surface area contributed by atoms with Crippen LogP contribution in [0.3, 0.4) is 0 Å². The lowest BCUT2D eigenvalue weighted by molar-refractivity contribution is 0.422. The summed E-state index contributed by atoms with van der Waals surface area (Å²) in [6, 6.07) is 0. The maximum Gasteiger partial charge on any atom is 0.139 e. The molecule has 0 saturated heterocycles. The van der Waals surface area contributed by atoms with Crippen LogP contribution in [0.15, 0.2) is 23.7 Å². The second-order valence-electron chi connectivity index (χ2n) is 3.79. The molecule has 1 unspecified atom stereocenters. The first-order chi connectivity index (χ1) is 5.54. The standard InChI is InChI=1S/C10H16BCl/c1-6(8(3)12)9-4-5-10(11)7(9)2/h5-6,8-9H,2,4,11H2,1,3H3/t6-,8-,9?/m0/s1. The molecule has 0 radical (unpaired) electrons. The van der Waals surface area contributed by atoms with E-state index in [9.17, 15) is 0 Å². The van der Waals surface area contributed by atoms with Crippen LogP contribution in [0.4, 0.5) is 0 Å². The Morgan fingerprint density at radius 1 is 1.67 bits per heavy atom. The molecule has 3 atom stereocenters. The third kappa shape index (κ3) is 1.77. The van der Waals surface area contributed by atoms with E-state index in [0.717, 1.165) is 6.42 Å². The molecule has 0 aliphatic heterocycles. The van der Waals surface area contributed by atoms with Crippen LogP contribution in [0.25, 0.3) is 0 Å². The van der Waals surface area contributed by atoms with Crippen molar-refractivity contribution in [2.45, 2.75) is 25.6 Å². The molecule has 0 saturated carbocycles. The van der Waals surface area contributed by atoms with E-state index in [1.54, 1.807) is 0 Å². The lowest BCUT2D eigenvalue weighted by Crippen LogP contribution is -2.18. The zero-order chi connectivity index (χ0) is 9.30. The van der Waals surface area contributed by atoms with Crippen molar-refractivity contribution in [3.63, 3.8) is 0 Å². The third-order valence-electron chi connectivity index (χ3n) is 2.99. The summed E-state index contributed by atoms with van der Waals surface area (Å²) in [5.41, 5.74) is 2.64. The van der Waals surface area contributed by atoms with E-state index in [2.05, 4.69) is 34.3 Å². The Labute approximate surface area is 81.1 Å². The minimum atomic E-state index is 0.242. The summed E-state index contributed by atoms with van der Waals surface area (Å²) >= 11 is 6.06. The molecule has 12 heavy (non-hydrogen) atoms. The molecule has 0 aromatic carbocycles. The van der Waals surface area contributed by atoms with Crippen molar-refractivity contribution in [1.82, 2.24) is 0 Å². The van der Waals surface area contributed by atoms with Crippen LogP contribution in [0.2, 0.25) is 0 Å². The van der Waals surface area contributed by atoms with Crippen molar-refractivity contribution in [2.75, 3.05) is 0 Å². The fourth-order valence-electron chi connectivity index (χ4n) is 1.72. The first-order valence-electron chi connectivity index (χ1n) is 4.54. The predicted molar refractivity (Wildman–Crippen MR) is 58.4 cm³/mol. The summed E-state index contributed by atoms with van der Waals surface area (Å²) < 4.78 is 0. The average Bonchev–Trinajstić information content (AvgIpc) is 2.32. The molecular weight excluding hydrogens is 166 g/mol. The van der Waals surface area contributed by atoms with Crippen molar-refractivity contribution >= 4 is 19.4 Å². The molecule has 1 aliphatic rings. The zero-order valence-electron chi connectivity index (χ0n) is 8.10. The molecule has 1 aliphatic carbocycles. The molecular formula is C10H16BCl. The monoisotopic (exact) mass is 182 g/mol. The summed E-state index contributed by atoms with van der Waals surface area (Å²) in [5.74, 6) is 1.12. The van der Waals surface area contributed by atoms with Gasteiger partial charge in [0.2, 0.25) is 0 Å². The van der Waals surface area contributed by atoms with E-state index in [4.69, 9.17) is 11.6 Å². The van der Waals surface area contributed by atoms with Crippen LogP contribution in [0.5, 0.6) is 0 Å². The van der Waals surface area contributed by atoms with E-state index in [1.165, 1.54) is 11.0 Å². The fourth-order valence-corrected chi connectivity index (χ4v) is 1.90. The van der Waals surface area contributed by atoms with Gasteiger partial charge in [-0.2, -0.15) is 0 Å². The molecule has 0 aromatic heterocycles. The Hall–Kier alpha value is -0.165. The Kier molecular flexibility index (Phi) is 3.06. The van der Waals surface area contributed by atoms with Crippen LogP contribution in [0, 0.1) is 11.8 Å². The molecule has 1 rings (SSSR count). The summed E-state index contributed by atoms with van der Waals surface area (Å²) in [7, 11) is 2.13. The van der Waals surface area contributed by atoms with Crippen LogP contribution in [-0.4, -0.2) is 13.2 Å². The normalized spacial score (nSPS) is 28.4. The van der Waals surface area contributed by atoms with E-state index < -0.39 is 0 Å². The molecule has 0 nitrogen and oxygen atoms in total. The highest BCUT2D eigenvalue weighted by Gasteiger charge is 2.26. The third-order valence-corrected chi connectivity index (χ3v) is 3.39. The van der Waals surface area contributed by atoms with Crippen molar-refractivity contribution < 1.29 is 0 Å². The first kappa shape index (κ1) is 9.92. The molecule has 2 heteroatoms. The molecule has 0 aromatic rings.